The topological polar surface area (TPSA) is 42.9 Å². The molecule has 26 heavy (non-hydrogen) atoms. The van der Waals surface area contributed by atoms with Gasteiger partial charge in [0.15, 0.2) is 0 Å². The molecule has 0 atom stereocenters. The van der Waals surface area contributed by atoms with Crippen LogP contribution in [0.5, 0.6) is 5.75 Å². The summed E-state index contributed by atoms with van der Waals surface area (Å²) in [4.78, 5) is 4.58. The normalized spacial score (nSPS) is 13.5. The van der Waals surface area contributed by atoms with Crippen molar-refractivity contribution in [1.82, 2.24) is 5.32 Å². The Labute approximate surface area is 153 Å². The summed E-state index contributed by atoms with van der Waals surface area (Å²) in [6, 6.07) is 21.2. The van der Waals surface area contributed by atoms with E-state index in [0.29, 0.717) is 13.2 Å². The summed E-state index contributed by atoms with van der Waals surface area (Å²) < 4.78 is 11.1. The third-order valence-corrected chi connectivity index (χ3v) is 4.52. The van der Waals surface area contributed by atoms with E-state index in [9.17, 15) is 0 Å². The van der Waals surface area contributed by atoms with Gasteiger partial charge in [0.1, 0.15) is 18.2 Å². The number of amidine groups is 1. The van der Waals surface area contributed by atoms with Gasteiger partial charge in [-0.1, -0.05) is 42.5 Å². The molecule has 3 aromatic carbocycles. The Balaban J connectivity index is 1.77. The van der Waals surface area contributed by atoms with Crippen LogP contribution in [0, 0.1) is 0 Å². The molecule has 0 unspecified atom stereocenters. The van der Waals surface area contributed by atoms with E-state index in [1.165, 1.54) is 16.5 Å². The number of fused-ring (bicyclic) bond motifs is 1. The van der Waals surface area contributed by atoms with Crippen LogP contribution in [-0.2, 0) is 4.74 Å². The summed E-state index contributed by atoms with van der Waals surface area (Å²) in [5, 5.41) is 5.68. The van der Waals surface area contributed by atoms with Crippen LogP contribution in [0.4, 0.5) is 0 Å². The molecule has 1 aliphatic heterocycles. The fourth-order valence-electron chi connectivity index (χ4n) is 3.20. The van der Waals surface area contributed by atoms with Crippen molar-refractivity contribution in [2.45, 2.75) is 0 Å². The van der Waals surface area contributed by atoms with Gasteiger partial charge in [0.2, 0.25) is 0 Å². The maximum absolute atomic E-state index is 5.97. The summed E-state index contributed by atoms with van der Waals surface area (Å²) in [6.45, 7) is 2.75. The minimum atomic E-state index is 0.518. The van der Waals surface area contributed by atoms with Gasteiger partial charge in [-0.3, -0.25) is 4.99 Å². The Morgan fingerprint density at radius 3 is 2.58 bits per heavy atom. The van der Waals surface area contributed by atoms with E-state index in [2.05, 4.69) is 64.9 Å². The number of aliphatic imine (C=N–C) groups is 1. The van der Waals surface area contributed by atoms with Gasteiger partial charge in [0, 0.05) is 13.7 Å². The number of benzene rings is 3. The molecule has 3 aromatic rings. The second-order valence-electron chi connectivity index (χ2n) is 6.27. The molecule has 4 rings (SSSR count). The second kappa shape index (κ2) is 7.58. The Hall–Kier alpha value is -2.85. The van der Waals surface area contributed by atoms with Gasteiger partial charge in [-0.2, -0.15) is 0 Å². The zero-order valence-electron chi connectivity index (χ0n) is 14.9. The van der Waals surface area contributed by atoms with Crippen molar-refractivity contribution < 1.29 is 9.47 Å². The fourth-order valence-corrected chi connectivity index (χ4v) is 3.20. The highest BCUT2D eigenvalue weighted by Crippen LogP contribution is 2.30. The van der Waals surface area contributed by atoms with Gasteiger partial charge >= 0.3 is 0 Å². The Morgan fingerprint density at radius 1 is 0.923 bits per heavy atom. The van der Waals surface area contributed by atoms with Gasteiger partial charge in [-0.25, -0.2) is 0 Å². The minimum absolute atomic E-state index is 0.518. The zero-order valence-corrected chi connectivity index (χ0v) is 14.9. The molecule has 0 saturated carbocycles. The van der Waals surface area contributed by atoms with E-state index in [4.69, 9.17) is 9.47 Å². The molecule has 4 nitrogen and oxygen atoms in total. The molecular formula is C22H22N2O2. The van der Waals surface area contributed by atoms with Crippen LogP contribution >= 0.6 is 0 Å². The highest BCUT2D eigenvalue weighted by Gasteiger charge is 2.15. The molecule has 4 heteroatoms. The second-order valence-corrected chi connectivity index (χ2v) is 6.27. The maximum atomic E-state index is 5.97. The molecule has 132 valence electrons. The lowest BCUT2D eigenvalue weighted by molar-refractivity contribution is 0.146. The van der Waals surface area contributed by atoms with E-state index in [1.807, 2.05) is 6.07 Å². The van der Waals surface area contributed by atoms with Gasteiger partial charge in [0.25, 0.3) is 0 Å². The molecule has 0 fully saturated rings. The number of nitrogens with zero attached hydrogens (tertiary/aromatic N) is 1. The van der Waals surface area contributed by atoms with Crippen molar-refractivity contribution in [2.24, 2.45) is 4.99 Å². The quantitative estimate of drug-likeness (QED) is 0.689. The summed E-state index contributed by atoms with van der Waals surface area (Å²) in [5.41, 5.74) is 3.43. The zero-order chi connectivity index (χ0) is 17.8. The lowest BCUT2D eigenvalue weighted by Crippen LogP contribution is -2.20. The monoisotopic (exact) mass is 346 g/mol. The summed E-state index contributed by atoms with van der Waals surface area (Å²) in [6.07, 6.45) is 0. The van der Waals surface area contributed by atoms with Crippen LogP contribution in [-0.4, -0.2) is 39.2 Å². The lowest BCUT2D eigenvalue weighted by atomic mass is 9.99. The van der Waals surface area contributed by atoms with E-state index >= 15 is 0 Å². The SMILES string of the molecule is COCCOc1cc2ccc(-c3ccccc3)cc2cc1C1=NCCN1. The predicted molar refractivity (Wildman–Crippen MR) is 106 cm³/mol. The molecule has 1 aliphatic rings. The van der Waals surface area contributed by atoms with Gasteiger partial charge in [-0.15, -0.1) is 0 Å². The molecule has 0 aromatic heterocycles. The van der Waals surface area contributed by atoms with Gasteiger partial charge < -0.3 is 14.8 Å². The number of ether oxygens (including phenoxy) is 2. The van der Waals surface area contributed by atoms with Gasteiger partial charge in [0.05, 0.1) is 18.7 Å². The van der Waals surface area contributed by atoms with E-state index in [1.54, 1.807) is 7.11 Å². The molecule has 0 radical (unpaired) electrons. The third-order valence-electron chi connectivity index (χ3n) is 4.52. The minimum Gasteiger partial charge on any atom is -0.490 e. The van der Waals surface area contributed by atoms with Crippen LogP contribution in [0.1, 0.15) is 5.56 Å². The molecular weight excluding hydrogens is 324 g/mol. The molecule has 0 aliphatic carbocycles. The lowest BCUT2D eigenvalue weighted by Gasteiger charge is -2.14. The number of hydrogen-bond acceptors (Lipinski definition) is 4. The first-order chi connectivity index (χ1) is 12.8. The average molecular weight is 346 g/mol. The van der Waals surface area contributed by atoms with Crippen LogP contribution < -0.4 is 10.1 Å². The van der Waals surface area contributed by atoms with Crippen molar-refractivity contribution in [1.29, 1.82) is 0 Å². The van der Waals surface area contributed by atoms with Crippen LogP contribution in [0.2, 0.25) is 0 Å². The number of rotatable bonds is 6. The largest absolute Gasteiger partial charge is 0.490 e. The number of methoxy groups -OCH3 is 1. The number of hydrogen-bond donors (Lipinski definition) is 1. The standard InChI is InChI=1S/C22H22N2O2/c1-25-11-12-26-21-15-18-8-7-17(16-5-3-2-4-6-16)13-19(18)14-20(21)22-23-9-10-24-22/h2-8,13-15H,9-12H2,1H3,(H,23,24). The fraction of sp³-hybridized carbons (Fsp3) is 0.227. The van der Waals surface area contributed by atoms with Gasteiger partial charge in [-0.05, 0) is 40.1 Å². The highest BCUT2D eigenvalue weighted by atomic mass is 16.5. The van der Waals surface area contributed by atoms with E-state index in [0.717, 1.165) is 35.6 Å². The van der Waals surface area contributed by atoms with Crippen LogP contribution in [0.25, 0.3) is 21.9 Å². The summed E-state index contributed by atoms with van der Waals surface area (Å²) >= 11 is 0. The summed E-state index contributed by atoms with van der Waals surface area (Å²) in [5.74, 6) is 1.75. The first-order valence-electron chi connectivity index (χ1n) is 8.89. The van der Waals surface area contributed by atoms with Crippen molar-refractivity contribution in [2.75, 3.05) is 33.4 Å². The Morgan fingerprint density at radius 2 is 1.81 bits per heavy atom. The average Bonchev–Trinajstić information content (AvgIpc) is 3.22. The van der Waals surface area contributed by atoms with Crippen molar-refractivity contribution in [3.05, 3.63) is 66.2 Å². The first kappa shape index (κ1) is 16.6. The van der Waals surface area contributed by atoms with E-state index in [-0.39, 0.29) is 0 Å². The predicted octanol–water partition coefficient (Wildman–Crippen LogP) is 3.88. The smallest absolute Gasteiger partial charge is 0.132 e. The molecule has 1 N–H and O–H groups in total. The highest BCUT2D eigenvalue weighted by molar-refractivity contribution is 6.06. The van der Waals surface area contributed by atoms with Crippen molar-refractivity contribution in [3.63, 3.8) is 0 Å². The van der Waals surface area contributed by atoms with Crippen molar-refractivity contribution >= 4 is 16.6 Å². The molecule has 1 heterocycles. The summed E-state index contributed by atoms with van der Waals surface area (Å²) in [7, 11) is 1.68. The number of nitrogens with one attached hydrogen (secondary N) is 1. The Kier molecular flexibility index (Phi) is 4.84. The van der Waals surface area contributed by atoms with Crippen LogP contribution in [0.3, 0.4) is 0 Å². The van der Waals surface area contributed by atoms with Crippen molar-refractivity contribution in [3.8, 4) is 16.9 Å². The maximum Gasteiger partial charge on any atom is 0.132 e. The molecule has 0 amide bonds. The third kappa shape index (κ3) is 3.41. The van der Waals surface area contributed by atoms with E-state index < -0.39 is 0 Å². The molecule has 0 saturated heterocycles. The first-order valence-corrected chi connectivity index (χ1v) is 8.89. The van der Waals surface area contributed by atoms with Crippen LogP contribution in [0.15, 0.2) is 65.7 Å². The molecule has 0 bridgehead atoms. The Bertz CT molecular complexity index is 936. The molecule has 0 spiro atoms.